The fraction of sp³-hybridized carbons (Fsp3) is 0.778. The molecular weight excluding hydrogens is 156 g/mol. The molecule has 0 saturated heterocycles. The minimum Gasteiger partial charge on any atom is -0.499 e. The van der Waals surface area contributed by atoms with Crippen LogP contribution in [-0.2, 0) is 9.47 Å². The quantitative estimate of drug-likeness (QED) is 0.445. The minimum atomic E-state index is 0.0995. The molecule has 0 rings (SSSR count). The van der Waals surface area contributed by atoms with E-state index >= 15 is 0 Å². The SMILES string of the molecule is C=C(C)OCCCCOCCO. The van der Waals surface area contributed by atoms with E-state index in [1.165, 1.54) is 0 Å². The molecule has 0 aromatic heterocycles. The van der Waals surface area contributed by atoms with Gasteiger partial charge in [-0.1, -0.05) is 6.58 Å². The van der Waals surface area contributed by atoms with Gasteiger partial charge in [0.1, 0.15) is 0 Å². The summed E-state index contributed by atoms with van der Waals surface area (Å²) >= 11 is 0. The molecule has 0 bridgehead atoms. The Hall–Kier alpha value is -0.540. The number of hydrogen-bond donors (Lipinski definition) is 1. The van der Waals surface area contributed by atoms with E-state index in [0.717, 1.165) is 18.6 Å². The molecule has 0 saturated carbocycles. The summed E-state index contributed by atoms with van der Waals surface area (Å²) in [7, 11) is 0. The van der Waals surface area contributed by atoms with E-state index in [2.05, 4.69) is 6.58 Å². The van der Waals surface area contributed by atoms with E-state index in [9.17, 15) is 0 Å². The highest BCUT2D eigenvalue weighted by Gasteiger charge is 1.90. The average molecular weight is 174 g/mol. The van der Waals surface area contributed by atoms with Crippen LogP contribution in [0.2, 0.25) is 0 Å². The maximum atomic E-state index is 8.38. The van der Waals surface area contributed by atoms with E-state index in [0.29, 0.717) is 19.8 Å². The summed E-state index contributed by atoms with van der Waals surface area (Å²) in [4.78, 5) is 0. The molecule has 0 aromatic rings. The lowest BCUT2D eigenvalue weighted by Crippen LogP contribution is -2.02. The van der Waals surface area contributed by atoms with Gasteiger partial charge in [0.2, 0.25) is 0 Å². The summed E-state index contributed by atoms with van der Waals surface area (Å²) in [5, 5.41) is 8.38. The molecule has 0 aliphatic heterocycles. The van der Waals surface area contributed by atoms with Gasteiger partial charge in [0.15, 0.2) is 0 Å². The topological polar surface area (TPSA) is 38.7 Å². The minimum absolute atomic E-state index is 0.0995. The Kier molecular flexibility index (Phi) is 8.17. The van der Waals surface area contributed by atoms with Crippen LogP contribution in [0.15, 0.2) is 12.3 Å². The van der Waals surface area contributed by atoms with Crippen molar-refractivity contribution in [2.45, 2.75) is 19.8 Å². The van der Waals surface area contributed by atoms with Crippen LogP contribution in [0.1, 0.15) is 19.8 Å². The van der Waals surface area contributed by atoms with Crippen molar-refractivity contribution in [1.29, 1.82) is 0 Å². The Labute approximate surface area is 74.0 Å². The van der Waals surface area contributed by atoms with Crippen molar-refractivity contribution in [2.75, 3.05) is 26.4 Å². The van der Waals surface area contributed by atoms with Gasteiger partial charge in [-0.2, -0.15) is 0 Å². The first kappa shape index (κ1) is 11.5. The number of allylic oxidation sites excluding steroid dienone is 1. The number of aliphatic hydroxyl groups is 1. The van der Waals surface area contributed by atoms with Crippen molar-refractivity contribution in [3.8, 4) is 0 Å². The van der Waals surface area contributed by atoms with Gasteiger partial charge in [-0.05, 0) is 19.8 Å². The molecule has 3 nitrogen and oxygen atoms in total. The standard InChI is InChI=1S/C9H18O3/c1-9(2)12-7-4-3-6-11-8-5-10/h10H,1,3-8H2,2H3. The van der Waals surface area contributed by atoms with Crippen molar-refractivity contribution >= 4 is 0 Å². The highest BCUT2D eigenvalue weighted by atomic mass is 16.5. The molecule has 0 aliphatic carbocycles. The van der Waals surface area contributed by atoms with Crippen LogP contribution >= 0.6 is 0 Å². The van der Waals surface area contributed by atoms with Crippen LogP contribution in [-0.4, -0.2) is 31.5 Å². The Morgan fingerprint density at radius 3 is 2.50 bits per heavy atom. The van der Waals surface area contributed by atoms with E-state index in [1.54, 1.807) is 0 Å². The van der Waals surface area contributed by atoms with Crippen molar-refractivity contribution in [1.82, 2.24) is 0 Å². The zero-order valence-corrected chi connectivity index (χ0v) is 7.71. The molecule has 1 N–H and O–H groups in total. The average Bonchev–Trinajstić information content (AvgIpc) is 2.02. The Bertz CT molecular complexity index is 112. The third-order valence-corrected chi connectivity index (χ3v) is 1.27. The summed E-state index contributed by atoms with van der Waals surface area (Å²) < 4.78 is 10.2. The van der Waals surface area contributed by atoms with Gasteiger partial charge >= 0.3 is 0 Å². The summed E-state index contributed by atoms with van der Waals surface area (Å²) in [6, 6.07) is 0. The second-order valence-electron chi connectivity index (χ2n) is 2.59. The Balaban J connectivity index is 2.86. The molecule has 0 aromatic carbocycles. The zero-order chi connectivity index (χ0) is 9.23. The molecule has 0 heterocycles. The highest BCUT2D eigenvalue weighted by Crippen LogP contribution is 1.95. The van der Waals surface area contributed by atoms with E-state index in [-0.39, 0.29) is 6.61 Å². The molecule has 0 spiro atoms. The molecular formula is C9H18O3. The van der Waals surface area contributed by atoms with E-state index in [4.69, 9.17) is 14.6 Å². The number of aliphatic hydroxyl groups excluding tert-OH is 1. The van der Waals surface area contributed by atoms with Crippen LogP contribution in [0.25, 0.3) is 0 Å². The first-order chi connectivity index (χ1) is 5.77. The molecule has 0 atom stereocenters. The van der Waals surface area contributed by atoms with Gasteiger partial charge in [-0.25, -0.2) is 0 Å². The van der Waals surface area contributed by atoms with Gasteiger partial charge in [-0.15, -0.1) is 0 Å². The summed E-state index contributed by atoms with van der Waals surface area (Å²) in [5.74, 6) is 0.756. The Morgan fingerprint density at radius 2 is 1.92 bits per heavy atom. The van der Waals surface area contributed by atoms with Gasteiger partial charge in [0.05, 0.1) is 25.6 Å². The van der Waals surface area contributed by atoms with Gasteiger partial charge in [-0.3, -0.25) is 0 Å². The monoisotopic (exact) mass is 174 g/mol. The number of unbranched alkanes of at least 4 members (excludes halogenated alkanes) is 1. The predicted octanol–water partition coefficient (Wildman–Crippen LogP) is 1.33. The molecule has 0 fully saturated rings. The van der Waals surface area contributed by atoms with Crippen LogP contribution < -0.4 is 0 Å². The van der Waals surface area contributed by atoms with Crippen LogP contribution in [0.3, 0.4) is 0 Å². The van der Waals surface area contributed by atoms with E-state index in [1.807, 2.05) is 6.92 Å². The van der Waals surface area contributed by atoms with Crippen LogP contribution in [0, 0.1) is 0 Å². The maximum absolute atomic E-state index is 8.38. The van der Waals surface area contributed by atoms with Crippen molar-refractivity contribution in [2.24, 2.45) is 0 Å². The molecule has 0 aliphatic rings. The second kappa shape index (κ2) is 8.56. The smallest absolute Gasteiger partial charge is 0.0877 e. The molecule has 0 unspecified atom stereocenters. The van der Waals surface area contributed by atoms with Gasteiger partial charge in [0.25, 0.3) is 0 Å². The predicted molar refractivity (Wildman–Crippen MR) is 47.9 cm³/mol. The normalized spacial score (nSPS) is 9.83. The number of rotatable bonds is 8. The van der Waals surface area contributed by atoms with Crippen LogP contribution in [0.5, 0.6) is 0 Å². The Morgan fingerprint density at radius 1 is 1.25 bits per heavy atom. The van der Waals surface area contributed by atoms with Crippen LogP contribution in [0.4, 0.5) is 0 Å². The summed E-state index contributed by atoms with van der Waals surface area (Å²) in [5.41, 5.74) is 0. The lowest BCUT2D eigenvalue weighted by atomic mass is 10.3. The van der Waals surface area contributed by atoms with Gasteiger partial charge in [0, 0.05) is 6.61 Å². The fourth-order valence-electron chi connectivity index (χ4n) is 0.719. The number of ether oxygens (including phenoxy) is 2. The number of hydrogen-bond acceptors (Lipinski definition) is 3. The molecule has 12 heavy (non-hydrogen) atoms. The summed E-state index contributed by atoms with van der Waals surface area (Å²) in [6.07, 6.45) is 1.94. The zero-order valence-electron chi connectivity index (χ0n) is 7.71. The lowest BCUT2D eigenvalue weighted by molar-refractivity contribution is 0.0855. The summed E-state index contributed by atoms with van der Waals surface area (Å²) in [6.45, 7) is 7.38. The van der Waals surface area contributed by atoms with Crippen molar-refractivity contribution < 1.29 is 14.6 Å². The lowest BCUT2D eigenvalue weighted by Gasteiger charge is -2.04. The van der Waals surface area contributed by atoms with Crippen molar-refractivity contribution in [3.05, 3.63) is 12.3 Å². The van der Waals surface area contributed by atoms with Gasteiger partial charge < -0.3 is 14.6 Å². The fourth-order valence-corrected chi connectivity index (χ4v) is 0.719. The molecule has 3 heteroatoms. The van der Waals surface area contributed by atoms with E-state index < -0.39 is 0 Å². The largest absolute Gasteiger partial charge is 0.499 e. The third kappa shape index (κ3) is 9.46. The highest BCUT2D eigenvalue weighted by molar-refractivity contribution is 4.73. The first-order valence-electron chi connectivity index (χ1n) is 4.24. The maximum Gasteiger partial charge on any atom is 0.0877 e. The van der Waals surface area contributed by atoms with Crippen molar-refractivity contribution in [3.63, 3.8) is 0 Å². The second-order valence-corrected chi connectivity index (χ2v) is 2.59. The molecule has 0 radical (unpaired) electrons. The molecule has 72 valence electrons. The first-order valence-corrected chi connectivity index (χ1v) is 4.24. The third-order valence-electron chi connectivity index (χ3n) is 1.27. The molecule has 0 amide bonds.